The lowest BCUT2D eigenvalue weighted by Gasteiger charge is -2.26. The van der Waals surface area contributed by atoms with Gasteiger partial charge in [-0.1, -0.05) is 48.0 Å². The van der Waals surface area contributed by atoms with Crippen LogP contribution in [0.5, 0.6) is 0 Å². The van der Waals surface area contributed by atoms with Crippen LogP contribution in [0.3, 0.4) is 0 Å². The van der Waals surface area contributed by atoms with E-state index in [2.05, 4.69) is 5.10 Å². The molecular weight excluding hydrogens is 276 g/mol. The van der Waals surface area contributed by atoms with Gasteiger partial charge in [0.25, 0.3) is 0 Å². The summed E-state index contributed by atoms with van der Waals surface area (Å²) in [5, 5.41) is 16.0. The van der Waals surface area contributed by atoms with Crippen molar-refractivity contribution >= 4 is 17.4 Å². The highest BCUT2D eigenvalue weighted by Gasteiger charge is 2.41. The molecule has 1 aliphatic heterocycles. The number of hydrogen-bond donors (Lipinski definition) is 1. The van der Waals surface area contributed by atoms with Gasteiger partial charge in [-0.15, -0.1) is 0 Å². The zero-order valence-electron chi connectivity index (χ0n) is 12.6. The quantitative estimate of drug-likeness (QED) is 0.940. The summed E-state index contributed by atoms with van der Waals surface area (Å²) < 4.78 is 0. The minimum Gasteiger partial charge on any atom is -0.481 e. The third-order valence-corrected chi connectivity index (χ3v) is 4.00. The third kappa shape index (κ3) is 2.48. The average molecular weight is 294 g/mol. The summed E-state index contributed by atoms with van der Waals surface area (Å²) in [7, 11) is 0. The summed E-state index contributed by atoms with van der Waals surface area (Å²) in [5.74, 6) is -1.48. The molecule has 1 aliphatic rings. The van der Waals surface area contributed by atoms with Gasteiger partial charge in [0, 0.05) is 0 Å². The molecular formula is C18H18N2O2. The highest BCUT2D eigenvalue weighted by atomic mass is 16.4. The van der Waals surface area contributed by atoms with Gasteiger partial charge < -0.3 is 5.11 Å². The zero-order valence-corrected chi connectivity index (χ0v) is 12.6. The summed E-state index contributed by atoms with van der Waals surface area (Å²) in [6.07, 6.45) is 0. The largest absolute Gasteiger partial charge is 0.481 e. The van der Waals surface area contributed by atoms with Crippen molar-refractivity contribution in [3.8, 4) is 0 Å². The van der Waals surface area contributed by atoms with Crippen molar-refractivity contribution in [3.63, 3.8) is 0 Å². The van der Waals surface area contributed by atoms with Crippen LogP contribution >= 0.6 is 0 Å². The van der Waals surface area contributed by atoms with E-state index in [1.165, 1.54) is 0 Å². The molecule has 22 heavy (non-hydrogen) atoms. The Morgan fingerprint density at radius 2 is 1.68 bits per heavy atom. The van der Waals surface area contributed by atoms with Crippen molar-refractivity contribution in [1.29, 1.82) is 0 Å². The molecule has 3 rings (SSSR count). The highest BCUT2D eigenvalue weighted by molar-refractivity contribution is 6.03. The first-order valence-corrected chi connectivity index (χ1v) is 7.26. The highest BCUT2D eigenvalue weighted by Crippen LogP contribution is 2.39. The number of benzene rings is 2. The van der Waals surface area contributed by atoms with E-state index in [9.17, 15) is 9.90 Å². The minimum atomic E-state index is -0.842. The molecule has 0 amide bonds. The van der Waals surface area contributed by atoms with Gasteiger partial charge in [-0.05, 0) is 31.5 Å². The van der Waals surface area contributed by atoms with Crippen molar-refractivity contribution in [2.24, 2.45) is 11.0 Å². The number of aliphatic carboxylic acids is 1. The molecule has 2 unspecified atom stereocenters. The zero-order chi connectivity index (χ0) is 15.7. The molecule has 2 aromatic carbocycles. The van der Waals surface area contributed by atoms with Crippen LogP contribution in [0.1, 0.15) is 24.1 Å². The van der Waals surface area contributed by atoms with E-state index in [4.69, 9.17) is 0 Å². The second-order valence-electron chi connectivity index (χ2n) is 5.59. The second-order valence-corrected chi connectivity index (χ2v) is 5.59. The molecule has 0 spiro atoms. The van der Waals surface area contributed by atoms with Gasteiger partial charge in [0.15, 0.2) is 0 Å². The summed E-state index contributed by atoms with van der Waals surface area (Å²) in [6, 6.07) is 17.4. The van der Waals surface area contributed by atoms with Crippen LogP contribution < -0.4 is 5.01 Å². The first kappa shape index (κ1) is 14.3. The number of hydrogen-bond acceptors (Lipinski definition) is 3. The average Bonchev–Trinajstić information content (AvgIpc) is 2.86. The predicted molar refractivity (Wildman–Crippen MR) is 87.1 cm³/mol. The van der Waals surface area contributed by atoms with Gasteiger partial charge in [-0.3, -0.25) is 9.80 Å². The van der Waals surface area contributed by atoms with Crippen LogP contribution in [0.15, 0.2) is 59.7 Å². The van der Waals surface area contributed by atoms with Crippen molar-refractivity contribution in [2.45, 2.75) is 19.9 Å². The lowest BCUT2D eigenvalue weighted by Crippen LogP contribution is -2.30. The van der Waals surface area contributed by atoms with Crippen molar-refractivity contribution in [3.05, 3.63) is 65.7 Å². The van der Waals surface area contributed by atoms with Crippen molar-refractivity contribution < 1.29 is 9.90 Å². The van der Waals surface area contributed by atoms with E-state index >= 15 is 0 Å². The molecule has 1 heterocycles. The molecule has 0 saturated heterocycles. The molecule has 0 aliphatic carbocycles. The maximum absolute atomic E-state index is 11.7. The van der Waals surface area contributed by atoms with E-state index < -0.39 is 11.9 Å². The van der Waals surface area contributed by atoms with Gasteiger partial charge in [0.1, 0.15) is 5.92 Å². The van der Waals surface area contributed by atoms with Gasteiger partial charge >= 0.3 is 5.97 Å². The smallest absolute Gasteiger partial charge is 0.314 e. The molecule has 1 N–H and O–H groups in total. The molecule has 0 aromatic heterocycles. The Bertz CT molecular complexity index is 708. The predicted octanol–water partition coefficient (Wildman–Crippen LogP) is 3.63. The number of aryl methyl sites for hydroxylation is 1. The van der Waals surface area contributed by atoms with E-state index in [1.807, 2.05) is 66.5 Å². The van der Waals surface area contributed by atoms with E-state index in [1.54, 1.807) is 6.92 Å². The van der Waals surface area contributed by atoms with Crippen molar-refractivity contribution in [2.75, 3.05) is 5.01 Å². The van der Waals surface area contributed by atoms with Crippen LogP contribution in [0.25, 0.3) is 0 Å². The Kier molecular flexibility index (Phi) is 3.67. The van der Waals surface area contributed by atoms with Crippen LogP contribution in [0.4, 0.5) is 5.69 Å². The molecule has 0 bridgehead atoms. The fraction of sp³-hybridized carbons (Fsp3) is 0.222. The summed E-state index contributed by atoms with van der Waals surface area (Å²) in [5.41, 5.74) is 3.64. The number of para-hydroxylation sites is 1. The number of carboxylic acids is 1. The van der Waals surface area contributed by atoms with E-state index in [-0.39, 0.29) is 6.04 Å². The maximum Gasteiger partial charge on any atom is 0.314 e. The molecule has 0 saturated carbocycles. The minimum absolute atomic E-state index is 0.319. The molecule has 4 heteroatoms. The Balaban J connectivity index is 2.08. The normalized spacial score (nSPS) is 20.8. The van der Waals surface area contributed by atoms with E-state index in [0.29, 0.717) is 5.71 Å². The fourth-order valence-electron chi connectivity index (χ4n) is 2.87. The number of nitrogens with zero attached hydrogens (tertiary/aromatic N) is 2. The summed E-state index contributed by atoms with van der Waals surface area (Å²) >= 11 is 0. The molecule has 112 valence electrons. The Morgan fingerprint density at radius 1 is 1.05 bits per heavy atom. The third-order valence-electron chi connectivity index (χ3n) is 4.00. The number of carbonyl (C=O) groups is 1. The van der Waals surface area contributed by atoms with Gasteiger partial charge in [0.2, 0.25) is 0 Å². The summed E-state index contributed by atoms with van der Waals surface area (Å²) in [4.78, 5) is 11.7. The fourth-order valence-corrected chi connectivity index (χ4v) is 2.87. The Morgan fingerprint density at radius 3 is 2.27 bits per heavy atom. The van der Waals surface area contributed by atoms with Crippen molar-refractivity contribution in [1.82, 2.24) is 0 Å². The molecule has 2 atom stereocenters. The summed E-state index contributed by atoms with van der Waals surface area (Å²) in [6.45, 7) is 3.80. The topological polar surface area (TPSA) is 52.9 Å². The monoisotopic (exact) mass is 294 g/mol. The first-order valence-electron chi connectivity index (χ1n) is 7.26. The van der Waals surface area contributed by atoms with Crippen LogP contribution in [-0.4, -0.2) is 16.8 Å². The first-order chi connectivity index (χ1) is 10.6. The standard InChI is InChI=1S/C18H18N2O2/c1-12-8-10-14(11-9-12)17-16(18(21)22)13(2)19-20(17)15-6-4-3-5-7-15/h3-11,16-17H,1-2H3,(H,21,22). The lowest BCUT2D eigenvalue weighted by atomic mass is 9.90. The Labute approximate surface area is 129 Å². The van der Waals surface area contributed by atoms with Gasteiger partial charge in [-0.2, -0.15) is 5.10 Å². The molecule has 4 nitrogen and oxygen atoms in total. The van der Waals surface area contributed by atoms with Crippen LogP contribution in [-0.2, 0) is 4.79 Å². The Hall–Kier alpha value is -2.62. The van der Waals surface area contributed by atoms with Gasteiger partial charge in [-0.25, -0.2) is 0 Å². The SMILES string of the molecule is CC1=NN(c2ccccc2)C(c2ccc(C)cc2)C1C(=O)O. The van der Waals surface area contributed by atoms with E-state index in [0.717, 1.165) is 16.8 Å². The van der Waals surface area contributed by atoms with Crippen LogP contribution in [0, 0.1) is 12.8 Å². The lowest BCUT2D eigenvalue weighted by molar-refractivity contribution is -0.139. The number of anilines is 1. The molecule has 2 aromatic rings. The number of rotatable bonds is 3. The molecule has 0 radical (unpaired) electrons. The second kappa shape index (κ2) is 5.64. The molecule has 0 fully saturated rings. The number of hydrazone groups is 1. The van der Waals surface area contributed by atoms with Crippen LogP contribution in [0.2, 0.25) is 0 Å². The van der Waals surface area contributed by atoms with Gasteiger partial charge in [0.05, 0.1) is 17.4 Å². The maximum atomic E-state index is 11.7. The number of carboxylic acid groups (broad SMARTS) is 1.